The van der Waals surface area contributed by atoms with Crippen LogP contribution in [0.5, 0.6) is 0 Å². The fourth-order valence-electron chi connectivity index (χ4n) is 2.51. The van der Waals surface area contributed by atoms with Crippen LogP contribution in [0.15, 0.2) is 0 Å². The van der Waals surface area contributed by atoms with Gasteiger partial charge < -0.3 is 15.3 Å². The Morgan fingerprint density at radius 3 is 2.88 bits per heavy atom. The maximum Gasteiger partial charge on any atom is 0.236 e. The molecule has 0 aliphatic carbocycles. The molecule has 2 aliphatic heterocycles. The fourth-order valence-corrected chi connectivity index (χ4v) is 2.51. The van der Waals surface area contributed by atoms with Gasteiger partial charge in [-0.2, -0.15) is 0 Å². The Morgan fingerprint density at radius 2 is 2.18 bits per heavy atom. The third-order valence-electron chi connectivity index (χ3n) is 3.60. The minimum atomic E-state index is -0.685. The molecule has 0 aromatic rings. The molecule has 0 radical (unpaired) electrons. The molecule has 2 saturated heterocycles. The smallest absolute Gasteiger partial charge is 0.236 e. The van der Waals surface area contributed by atoms with E-state index in [1.807, 2.05) is 0 Å². The number of β-amino-alcohol motifs (C(OH)–C–C–N with tert-alkyl or cyclic N) is 1. The molecule has 5 nitrogen and oxygen atoms in total. The van der Waals surface area contributed by atoms with Crippen LogP contribution >= 0.6 is 0 Å². The van der Waals surface area contributed by atoms with Crippen LogP contribution in [-0.4, -0.2) is 72.2 Å². The molecule has 0 aromatic heterocycles. The van der Waals surface area contributed by atoms with Crippen molar-refractivity contribution in [3.63, 3.8) is 0 Å². The minimum Gasteiger partial charge on any atom is -0.388 e. The Hall–Kier alpha value is -0.650. The second-order valence-electron chi connectivity index (χ2n) is 5.44. The summed E-state index contributed by atoms with van der Waals surface area (Å²) in [7, 11) is 0. The van der Waals surface area contributed by atoms with E-state index < -0.39 is 5.60 Å². The lowest BCUT2D eigenvalue weighted by Crippen LogP contribution is -2.42. The summed E-state index contributed by atoms with van der Waals surface area (Å²) in [4.78, 5) is 16.1. The van der Waals surface area contributed by atoms with Gasteiger partial charge in [0.05, 0.1) is 12.1 Å². The van der Waals surface area contributed by atoms with Crippen molar-refractivity contribution in [1.82, 2.24) is 15.1 Å². The summed E-state index contributed by atoms with van der Waals surface area (Å²) >= 11 is 0. The summed E-state index contributed by atoms with van der Waals surface area (Å²) in [6.45, 7) is 7.41. The van der Waals surface area contributed by atoms with Gasteiger partial charge in [0.15, 0.2) is 0 Å². The van der Waals surface area contributed by atoms with Crippen molar-refractivity contribution in [1.29, 1.82) is 0 Å². The SMILES string of the molecule is CC1(O)CCN(C(=O)CN2CCCNCC2)C1. The number of aliphatic hydroxyl groups is 1. The van der Waals surface area contributed by atoms with E-state index in [0.29, 0.717) is 26.1 Å². The molecule has 0 bridgehead atoms. The lowest BCUT2D eigenvalue weighted by Gasteiger charge is -2.24. The number of carbonyl (C=O) groups excluding carboxylic acids is 1. The average molecular weight is 241 g/mol. The quantitative estimate of drug-likeness (QED) is 0.669. The second kappa shape index (κ2) is 5.33. The lowest BCUT2D eigenvalue weighted by molar-refractivity contribution is -0.132. The zero-order valence-electron chi connectivity index (χ0n) is 10.6. The monoisotopic (exact) mass is 241 g/mol. The number of rotatable bonds is 2. The number of nitrogens with zero attached hydrogens (tertiary/aromatic N) is 2. The number of nitrogens with one attached hydrogen (secondary N) is 1. The molecule has 2 N–H and O–H groups in total. The predicted molar refractivity (Wildman–Crippen MR) is 65.7 cm³/mol. The maximum absolute atomic E-state index is 12.1. The highest BCUT2D eigenvalue weighted by atomic mass is 16.3. The molecule has 0 aromatic carbocycles. The zero-order chi connectivity index (χ0) is 12.3. The lowest BCUT2D eigenvalue weighted by atomic mass is 10.1. The van der Waals surface area contributed by atoms with Crippen molar-refractivity contribution in [3.05, 3.63) is 0 Å². The third kappa shape index (κ3) is 3.66. The van der Waals surface area contributed by atoms with Crippen molar-refractivity contribution in [2.75, 3.05) is 45.8 Å². The highest BCUT2D eigenvalue weighted by Gasteiger charge is 2.34. The van der Waals surface area contributed by atoms with Crippen LogP contribution in [0.25, 0.3) is 0 Å². The summed E-state index contributed by atoms with van der Waals surface area (Å²) in [5.41, 5.74) is -0.685. The van der Waals surface area contributed by atoms with Gasteiger partial charge in [-0.1, -0.05) is 0 Å². The molecule has 1 atom stereocenters. The summed E-state index contributed by atoms with van der Waals surface area (Å²) < 4.78 is 0. The summed E-state index contributed by atoms with van der Waals surface area (Å²) in [5.74, 6) is 0.157. The highest BCUT2D eigenvalue weighted by Crippen LogP contribution is 2.20. The molecular formula is C12H23N3O2. The average Bonchev–Trinajstić information content (AvgIpc) is 2.50. The van der Waals surface area contributed by atoms with Crippen LogP contribution < -0.4 is 5.32 Å². The van der Waals surface area contributed by atoms with Gasteiger partial charge in [-0.05, 0) is 32.9 Å². The number of carbonyl (C=O) groups is 1. The maximum atomic E-state index is 12.1. The minimum absolute atomic E-state index is 0.157. The first kappa shape index (κ1) is 12.8. The molecule has 2 rings (SSSR count). The fraction of sp³-hybridized carbons (Fsp3) is 0.917. The Bertz CT molecular complexity index is 273. The van der Waals surface area contributed by atoms with Crippen LogP contribution in [0.2, 0.25) is 0 Å². The zero-order valence-corrected chi connectivity index (χ0v) is 10.6. The van der Waals surface area contributed by atoms with Crippen molar-refractivity contribution in [2.45, 2.75) is 25.4 Å². The van der Waals surface area contributed by atoms with Crippen LogP contribution in [0, 0.1) is 0 Å². The van der Waals surface area contributed by atoms with E-state index in [2.05, 4.69) is 10.2 Å². The van der Waals surface area contributed by atoms with Crippen molar-refractivity contribution in [3.8, 4) is 0 Å². The highest BCUT2D eigenvalue weighted by molar-refractivity contribution is 5.78. The number of hydrogen-bond acceptors (Lipinski definition) is 4. The molecule has 2 heterocycles. The Balaban J connectivity index is 1.80. The first-order chi connectivity index (χ1) is 8.07. The molecule has 5 heteroatoms. The van der Waals surface area contributed by atoms with E-state index in [1.54, 1.807) is 11.8 Å². The van der Waals surface area contributed by atoms with Gasteiger partial charge in [0.25, 0.3) is 0 Å². The van der Waals surface area contributed by atoms with Gasteiger partial charge in [0.1, 0.15) is 0 Å². The molecule has 2 aliphatic rings. The van der Waals surface area contributed by atoms with Gasteiger partial charge >= 0.3 is 0 Å². The number of amides is 1. The van der Waals surface area contributed by atoms with Gasteiger partial charge in [-0.15, -0.1) is 0 Å². The second-order valence-corrected chi connectivity index (χ2v) is 5.44. The van der Waals surface area contributed by atoms with Gasteiger partial charge in [0.2, 0.25) is 5.91 Å². The van der Waals surface area contributed by atoms with Crippen LogP contribution in [-0.2, 0) is 4.79 Å². The summed E-state index contributed by atoms with van der Waals surface area (Å²) in [5, 5.41) is 13.2. The Kier molecular flexibility index (Phi) is 4.01. The largest absolute Gasteiger partial charge is 0.388 e. The normalized spacial score (nSPS) is 31.5. The molecule has 0 saturated carbocycles. The molecule has 0 spiro atoms. The first-order valence-electron chi connectivity index (χ1n) is 6.50. The molecule has 1 amide bonds. The van der Waals surface area contributed by atoms with Crippen LogP contribution in [0.4, 0.5) is 0 Å². The molecular weight excluding hydrogens is 218 g/mol. The number of hydrogen-bond donors (Lipinski definition) is 2. The first-order valence-corrected chi connectivity index (χ1v) is 6.50. The molecule has 1 unspecified atom stereocenters. The van der Waals surface area contributed by atoms with E-state index in [4.69, 9.17) is 0 Å². The topological polar surface area (TPSA) is 55.8 Å². The summed E-state index contributed by atoms with van der Waals surface area (Å²) in [6, 6.07) is 0. The van der Waals surface area contributed by atoms with Gasteiger partial charge in [-0.25, -0.2) is 0 Å². The Morgan fingerprint density at radius 1 is 1.35 bits per heavy atom. The molecule has 2 fully saturated rings. The Labute approximate surface area is 103 Å². The van der Waals surface area contributed by atoms with Crippen molar-refractivity contribution < 1.29 is 9.90 Å². The van der Waals surface area contributed by atoms with E-state index in [0.717, 1.165) is 32.6 Å². The van der Waals surface area contributed by atoms with E-state index in [1.165, 1.54) is 0 Å². The van der Waals surface area contributed by atoms with Crippen molar-refractivity contribution in [2.24, 2.45) is 0 Å². The predicted octanol–water partition coefficient (Wildman–Crippen LogP) is -0.735. The van der Waals surface area contributed by atoms with Crippen LogP contribution in [0.3, 0.4) is 0 Å². The standard InChI is InChI=1S/C12H23N3O2/c1-12(17)3-7-15(10-12)11(16)9-14-6-2-4-13-5-8-14/h13,17H,2-10H2,1H3. The van der Waals surface area contributed by atoms with Crippen LogP contribution in [0.1, 0.15) is 19.8 Å². The van der Waals surface area contributed by atoms with E-state index in [-0.39, 0.29) is 5.91 Å². The van der Waals surface area contributed by atoms with Gasteiger partial charge in [-0.3, -0.25) is 9.69 Å². The number of likely N-dealkylation sites (tertiary alicyclic amines) is 1. The van der Waals surface area contributed by atoms with E-state index >= 15 is 0 Å². The summed E-state index contributed by atoms with van der Waals surface area (Å²) in [6.07, 6.45) is 1.80. The third-order valence-corrected chi connectivity index (χ3v) is 3.60. The van der Waals surface area contributed by atoms with E-state index in [9.17, 15) is 9.90 Å². The molecule has 98 valence electrons. The van der Waals surface area contributed by atoms with Crippen molar-refractivity contribution >= 4 is 5.91 Å². The van der Waals surface area contributed by atoms with Gasteiger partial charge in [0, 0.05) is 26.2 Å². The molecule has 17 heavy (non-hydrogen) atoms.